The van der Waals surface area contributed by atoms with Crippen molar-refractivity contribution in [3.05, 3.63) is 56.8 Å². The molecule has 1 aliphatic carbocycles. The largest absolute Gasteiger partial charge is 0.501 e. The molecule has 2 aliphatic rings. The topological polar surface area (TPSA) is 75.4 Å². The Morgan fingerprint density at radius 3 is 2.42 bits per heavy atom. The molecular formula is C25H33N3O3. The van der Waals surface area contributed by atoms with Gasteiger partial charge in [-0.1, -0.05) is 51.3 Å². The number of likely N-dealkylation sites (N-methyl/N-ethyl adjacent to an activating group) is 1. The number of aromatic nitrogens is 2. The molecule has 4 rings (SSSR count). The van der Waals surface area contributed by atoms with Gasteiger partial charge in [0.15, 0.2) is 5.69 Å². The highest BCUT2D eigenvalue weighted by molar-refractivity contribution is 5.95. The van der Waals surface area contributed by atoms with Crippen LogP contribution in [0.25, 0.3) is 0 Å². The van der Waals surface area contributed by atoms with Crippen LogP contribution in [0.5, 0.6) is 5.75 Å². The molecule has 1 aliphatic heterocycles. The first-order valence-corrected chi connectivity index (χ1v) is 11.6. The fourth-order valence-corrected chi connectivity index (χ4v) is 5.44. The van der Waals surface area contributed by atoms with Gasteiger partial charge in [0.2, 0.25) is 5.75 Å². The van der Waals surface area contributed by atoms with Gasteiger partial charge in [-0.3, -0.25) is 9.59 Å². The number of carbonyl (C=O) groups excluding carboxylic acids is 1. The predicted octanol–water partition coefficient (Wildman–Crippen LogP) is 3.60. The summed E-state index contributed by atoms with van der Waals surface area (Å²) in [5, 5.41) is 10.3. The van der Waals surface area contributed by atoms with E-state index in [-0.39, 0.29) is 17.0 Å². The fraction of sp³-hybridized carbons (Fsp3) is 0.560. The molecule has 1 amide bonds. The van der Waals surface area contributed by atoms with Gasteiger partial charge in [-0.2, -0.15) is 4.98 Å². The first kappa shape index (κ1) is 21.6. The van der Waals surface area contributed by atoms with E-state index in [1.165, 1.54) is 23.1 Å². The lowest BCUT2D eigenvalue weighted by Crippen LogP contribution is -2.42. The molecule has 2 aromatic rings. The van der Waals surface area contributed by atoms with Crippen LogP contribution in [-0.4, -0.2) is 39.1 Å². The summed E-state index contributed by atoms with van der Waals surface area (Å²) in [7, 11) is 1.69. The van der Waals surface area contributed by atoms with Crippen LogP contribution in [0, 0.1) is 0 Å². The predicted molar refractivity (Wildman–Crippen MR) is 121 cm³/mol. The van der Waals surface area contributed by atoms with Gasteiger partial charge < -0.3 is 14.6 Å². The zero-order chi connectivity index (χ0) is 22.2. The molecule has 0 atom stereocenters. The number of carbonyl (C=O) groups is 1. The fourth-order valence-electron chi connectivity index (χ4n) is 5.44. The molecule has 0 spiro atoms. The minimum Gasteiger partial charge on any atom is -0.501 e. The average Bonchev–Trinajstić information content (AvgIpc) is 2.79. The van der Waals surface area contributed by atoms with Crippen LogP contribution in [0.15, 0.2) is 23.0 Å². The molecule has 1 saturated carbocycles. The summed E-state index contributed by atoms with van der Waals surface area (Å²) in [4.78, 5) is 31.0. The van der Waals surface area contributed by atoms with Crippen LogP contribution in [0.3, 0.4) is 0 Å². The van der Waals surface area contributed by atoms with Crippen molar-refractivity contribution >= 4 is 5.91 Å². The van der Waals surface area contributed by atoms with E-state index in [9.17, 15) is 14.7 Å². The lowest BCUT2D eigenvalue weighted by atomic mass is 9.66. The van der Waals surface area contributed by atoms with Crippen molar-refractivity contribution in [3.63, 3.8) is 0 Å². The molecule has 1 aromatic carbocycles. The van der Waals surface area contributed by atoms with E-state index < -0.39 is 11.3 Å². The highest BCUT2D eigenvalue weighted by atomic mass is 16.3. The molecule has 0 unspecified atom stereocenters. The maximum atomic E-state index is 12.7. The minimum absolute atomic E-state index is 0.0882. The van der Waals surface area contributed by atoms with Crippen molar-refractivity contribution in [3.8, 4) is 5.75 Å². The number of aromatic hydroxyl groups is 1. The third-order valence-electron chi connectivity index (χ3n) is 7.33. The molecule has 0 bridgehead atoms. The van der Waals surface area contributed by atoms with Crippen LogP contribution in [-0.2, 0) is 31.2 Å². The maximum Gasteiger partial charge on any atom is 0.315 e. The monoisotopic (exact) mass is 423 g/mol. The molecule has 2 heterocycles. The van der Waals surface area contributed by atoms with Crippen LogP contribution >= 0.6 is 0 Å². The van der Waals surface area contributed by atoms with Gasteiger partial charge in [0.1, 0.15) is 5.82 Å². The van der Waals surface area contributed by atoms with E-state index in [0.717, 1.165) is 38.5 Å². The molecule has 0 radical (unpaired) electrons. The van der Waals surface area contributed by atoms with Gasteiger partial charge >= 0.3 is 5.56 Å². The Kier molecular flexibility index (Phi) is 5.91. The number of amides is 1. The second kappa shape index (κ2) is 8.48. The Morgan fingerprint density at radius 2 is 1.74 bits per heavy atom. The molecule has 1 aromatic heterocycles. The van der Waals surface area contributed by atoms with Gasteiger partial charge in [-0.05, 0) is 42.4 Å². The highest BCUT2D eigenvalue weighted by Crippen LogP contribution is 2.43. The number of hydrogen-bond acceptors (Lipinski definition) is 4. The van der Waals surface area contributed by atoms with E-state index in [2.05, 4.69) is 37.0 Å². The number of aryl methyl sites for hydroxylation is 2. The van der Waals surface area contributed by atoms with Crippen molar-refractivity contribution in [2.24, 2.45) is 0 Å². The van der Waals surface area contributed by atoms with Crippen molar-refractivity contribution in [1.29, 1.82) is 0 Å². The normalized spacial score (nSPS) is 18.2. The van der Waals surface area contributed by atoms with Gasteiger partial charge in [0.25, 0.3) is 5.91 Å². The highest BCUT2D eigenvalue weighted by Gasteiger charge is 2.38. The zero-order valence-corrected chi connectivity index (χ0v) is 18.9. The summed E-state index contributed by atoms with van der Waals surface area (Å²) in [5.41, 5.74) is 3.38. The number of nitrogens with zero attached hydrogens (tertiary/aromatic N) is 3. The smallest absolute Gasteiger partial charge is 0.315 e. The standard InChI is InChI=1S/C25H33N3O3/c1-4-17-9-10-19(15-18(17)5-2)25(11-7-6-8-12-25)16-20-26-23(30)22(29)21-24(31)27(3)13-14-28(20)21/h9-10,15,29H,4-8,11-14,16H2,1-3H3. The minimum atomic E-state index is -0.702. The lowest BCUT2D eigenvalue weighted by Gasteiger charge is -2.39. The van der Waals surface area contributed by atoms with Crippen molar-refractivity contribution in [1.82, 2.24) is 14.5 Å². The number of fused-ring (bicyclic) bond motifs is 1. The Labute approximate surface area is 183 Å². The van der Waals surface area contributed by atoms with Crippen LogP contribution in [0.1, 0.15) is 79.0 Å². The summed E-state index contributed by atoms with van der Waals surface area (Å²) in [6.07, 6.45) is 8.24. The summed E-state index contributed by atoms with van der Waals surface area (Å²) in [5.74, 6) is -0.222. The summed E-state index contributed by atoms with van der Waals surface area (Å²) >= 11 is 0. The lowest BCUT2D eigenvalue weighted by molar-refractivity contribution is 0.0737. The molecule has 0 saturated heterocycles. The third-order valence-corrected chi connectivity index (χ3v) is 7.33. The summed E-state index contributed by atoms with van der Waals surface area (Å²) < 4.78 is 1.79. The quantitative estimate of drug-likeness (QED) is 0.797. The van der Waals surface area contributed by atoms with Crippen LogP contribution < -0.4 is 5.56 Å². The number of hydrogen-bond donors (Lipinski definition) is 1. The van der Waals surface area contributed by atoms with Crippen molar-refractivity contribution < 1.29 is 9.90 Å². The number of rotatable bonds is 5. The van der Waals surface area contributed by atoms with E-state index in [1.54, 1.807) is 16.5 Å². The first-order chi connectivity index (χ1) is 14.9. The Morgan fingerprint density at radius 1 is 1.03 bits per heavy atom. The van der Waals surface area contributed by atoms with Gasteiger partial charge in [0.05, 0.1) is 0 Å². The Balaban J connectivity index is 1.83. The van der Waals surface area contributed by atoms with Gasteiger partial charge in [0, 0.05) is 32.0 Å². The van der Waals surface area contributed by atoms with E-state index in [0.29, 0.717) is 25.3 Å². The van der Waals surface area contributed by atoms with Crippen LogP contribution in [0.4, 0.5) is 0 Å². The molecule has 6 nitrogen and oxygen atoms in total. The third kappa shape index (κ3) is 3.77. The zero-order valence-electron chi connectivity index (χ0n) is 18.9. The van der Waals surface area contributed by atoms with E-state index in [4.69, 9.17) is 0 Å². The molecule has 1 N–H and O–H groups in total. The van der Waals surface area contributed by atoms with Gasteiger partial charge in [-0.25, -0.2) is 0 Å². The second-order valence-corrected chi connectivity index (χ2v) is 9.12. The van der Waals surface area contributed by atoms with E-state index >= 15 is 0 Å². The first-order valence-electron chi connectivity index (χ1n) is 11.6. The van der Waals surface area contributed by atoms with Crippen molar-refractivity contribution in [2.75, 3.05) is 13.6 Å². The Hall–Kier alpha value is -2.63. The van der Waals surface area contributed by atoms with Crippen LogP contribution in [0.2, 0.25) is 0 Å². The SMILES string of the molecule is CCc1ccc(C2(Cc3nc(=O)c(O)c4n3CCN(C)C4=O)CCCCC2)cc1CC. The molecule has 166 valence electrons. The molecule has 1 fully saturated rings. The van der Waals surface area contributed by atoms with E-state index in [1.807, 2.05) is 0 Å². The average molecular weight is 424 g/mol. The summed E-state index contributed by atoms with van der Waals surface area (Å²) in [6.45, 7) is 5.48. The second-order valence-electron chi connectivity index (χ2n) is 9.12. The maximum absolute atomic E-state index is 12.7. The Bertz CT molecular complexity index is 1050. The molecule has 6 heteroatoms. The molecular weight excluding hydrogens is 390 g/mol. The number of benzene rings is 1. The van der Waals surface area contributed by atoms with Gasteiger partial charge in [-0.15, -0.1) is 0 Å². The molecule has 31 heavy (non-hydrogen) atoms. The summed E-state index contributed by atoms with van der Waals surface area (Å²) in [6, 6.07) is 6.88. The van der Waals surface area contributed by atoms with Crippen molar-refractivity contribution in [2.45, 2.75) is 77.2 Å².